The van der Waals surface area contributed by atoms with Crippen molar-refractivity contribution in [3.63, 3.8) is 0 Å². The van der Waals surface area contributed by atoms with Crippen LogP contribution in [-0.2, 0) is 9.59 Å². The number of nitrogens with one attached hydrogen (secondary N) is 1. The molecule has 0 spiro atoms. The van der Waals surface area contributed by atoms with Crippen LogP contribution in [0.2, 0.25) is 0 Å². The first kappa shape index (κ1) is 17.5. The SMILES string of the molecule is CN1CC(C(=O)NCC(c2ccccc2)C(C)(C)CO)CC1=O. The van der Waals surface area contributed by atoms with E-state index in [2.05, 4.69) is 5.32 Å². The number of benzene rings is 1. The van der Waals surface area contributed by atoms with Crippen molar-refractivity contribution in [3.8, 4) is 0 Å². The van der Waals surface area contributed by atoms with Gasteiger partial charge in [0.1, 0.15) is 0 Å². The Morgan fingerprint density at radius 3 is 2.57 bits per heavy atom. The summed E-state index contributed by atoms with van der Waals surface area (Å²) in [5.74, 6) is -0.341. The fourth-order valence-corrected chi connectivity index (χ4v) is 3.03. The summed E-state index contributed by atoms with van der Waals surface area (Å²) >= 11 is 0. The molecule has 2 unspecified atom stereocenters. The normalized spacial score (nSPS) is 19.7. The molecule has 2 rings (SSSR count). The highest BCUT2D eigenvalue weighted by Crippen LogP contribution is 2.34. The van der Waals surface area contributed by atoms with Gasteiger partial charge >= 0.3 is 0 Å². The van der Waals surface area contributed by atoms with E-state index in [0.29, 0.717) is 13.1 Å². The predicted molar refractivity (Wildman–Crippen MR) is 88.8 cm³/mol. The number of rotatable bonds is 6. The summed E-state index contributed by atoms with van der Waals surface area (Å²) in [6.07, 6.45) is 0.279. The molecule has 126 valence electrons. The van der Waals surface area contributed by atoms with Crippen LogP contribution in [0.5, 0.6) is 0 Å². The Kier molecular flexibility index (Phi) is 5.42. The highest BCUT2D eigenvalue weighted by atomic mass is 16.3. The number of likely N-dealkylation sites (tertiary alicyclic amines) is 1. The molecule has 0 bridgehead atoms. The van der Waals surface area contributed by atoms with Gasteiger partial charge < -0.3 is 15.3 Å². The van der Waals surface area contributed by atoms with Crippen molar-refractivity contribution < 1.29 is 14.7 Å². The van der Waals surface area contributed by atoms with Crippen LogP contribution in [0.4, 0.5) is 0 Å². The van der Waals surface area contributed by atoms with Crippen LogP contribution < -0.4 is 5.32 Å². The lowest BCUT2D eigenvalue weighted by Crippen LogP contribution is -2.39. The van der Waals surface area contributed by atoms with Crippen molar-refractivity contribution >= 4 is 11.8 Å². The van der Waals surface area contributed by atoms with Crippen molar-refractivity contribution in [1.29, 1.82) is 0 Å². The number of carbonyl (C=O) groups is 2. The molecule has 1 heterocycles. The first-order valence-electron chi connectivity index (χ1n) is 8.02. The molecule has 0 aromatic heterocycles. The minimum atomic E-state index is -0.350. The Labute approximate surface area is 137 Å². The lowest BCUT2D eigenvalue weighted by Gasteiger charge is -2.33. The molecule has 0 saturated carbocycles. The molecule has 5 nitrogen and oxygen atoms in total. The van der Waals surface area contributed by atoms with Crippen molar-refractivity contribution in [2.24, 2.45) is 11.3 Å². The van der Waals surface area contributed by atoms with Gasteiger partial charge in [-0.05, 0) is 11.0 Å². The van der Waals surface area contributed by atoms with Crippen LogP contribution in [0, 0.1) is 11.3 Å². The number of hydrogen-bond donors (Lipinski definition) is 2. The molecule has 1 aliphatic rings. The van der Waals surface area contributed by atoms with Gasteiger partial charge in [-0.3, -0.25) is 9.59 Å². The van der Waals surface area contributed by atoms with Gasteiger partial charge in [-0.2, -0.15) is 0 Å². The topological polar surface area (TPSA) is 69.6 Å². The highest BCUT2D eigenvalue weighted by molar-refractivity contribution is 5.89. The molecule has 0 aliphatic carbocycles. The van der Waals surface area contributed by atoms with Crippen molar-refractivity contribution in [2.75, 3.05) is 26.7 Å². The summed E-state index contributed by atoms with van der Waals surface area (Å²) in [7, 11) is 1.72. The first-order valence-corrected chi connectivity index (χ1v) is 8.02. The summed E-state index contributed by atoms with van der Waals surface area (Å²) in [6.45, 7) is 4.94. The Morgan fingerprint density at radius 2 is 2.04 bits per heavy atom. The smallest absolute Gasteiger partial charge is 0.225 e. The van der Waals surface area contributed by atoms with E-state index in [4.69, 9.17) is 0 Å². The summed E-state index contributed by atoms with van der Waals surface area (Å²) in [6, 6.07) is 9.90. The van der Waals surface area contributed by atoms with Gasteiger partial charge in [0.25, 0.3) is 0 Å². The van der Waals surface area contributed by atoms with Crippen molar-refractivity contribution in [3.05, 3.63) is 35.9 Å². The van der Waals surface area contributed by atoms with Crippen LogP contribution >= 0.6 is 0 Å². The lowest BCUT2D eigenvalue weighted by molar-refractivity contribution is -0.128. The van der Waals surface area contributed by atoms with Gasteiger partial charge in [-0.15, -0.1) is 0 Å². The zero-order valence-corrected chi connectivity index (χ0v) is 14.1. The predicted octanol–water partition coefficient (Wildman–Crippen LogP) is 1.38. The molecule has 5 heteroatoms. The second kappa shape index (κ2) is 7.13. The largest absolute Gasteiger partial charge is 0.396 e. The summed E-state index contributed by atoms with van der Waals surface area (Å²) in [5.41, 5.74) is 0.739. The second-order valence-electron chi connectivity index (χ2n) is 7.03. The fourth-order valence-electron chi connectivity index (χ4n) is 3.03. The van der Waals surface area contributed by atoms with Gasteiger partial charge in [0.05, 0.1) is 5.92 Å². The van der Waals surface area contributed by atoms with Crippen LogP contribution in [0.25, 0.3) is 0 Å². The van der Waals surface area contributed by atoms with Gasteiger partial charge in [0, 0.05) is 39.1 Å². The maximum Gasteiger partial charge on any atom is 0.225 e. The van der Waals surface area contributed by atoms with E-state index in [-0.39, 0.29) is 42.1 Å². The average Bonchev–Trinajstić information content (AvgIpc) is 2.87. The molecule has 1 aromatic rings. The standard InChI is InChI=1S/C18H26N2O3/c1-18(2,12-21)15(13-7-5-4-6-8-13)10-19-17(23)14-9-16(22)20(3)11-14/h4-8,14-15,21H,9-12H2,1-3H3,(H,19,23). The van der Waals surface area contributed by atoms with E-state index in [1.54, 1.807) is 11.9 Å². The van der Waals surface area contributed by atoms with E-state index in [9.17, 15) is 14.7 Å². The monoisotopic (exact) mass is 318 g/mol. The highest BCUT2D eigenvalue weighted by Gasteiger charge is 2.34. The molecule has 2 N–H and O–H groups in total. The molecule has 1 aromatic carbocycles. The second-order valence-corrected chi connectivity index (χ2v) is 7.03. The zero-order chi connectivity index (χ0) is 17.0. The Bertz CT molecular complexity index is 557. The first-order chi connectivity index (χ1) is 10.8. The van der Waals surface area contributed by atoms with Gasteiger partial charge in [0.15, 0.2) is 0 Å². The van der Waals surface area contributed by atoms with Crippen molar-refractivity contribution in [2.45, 2.75) is 26.2 Å². The molecule has 23 heavy (non-hydrogen) atoms. The number of nitrogens with zero attached hydrogens (tertiary/aromatic N) is 1. The van der Waals surface area contributed by atoms with Gasteiger partial charge in [0.2, 0.25) is 11.8 Å². The quantitative estimate of drug-likeness (QED) is 0.832. The third-order valence-electron chi connectivity index (χ3n) is 4.75. The molecule has 2 amide bonds. The number of hydrogen-bond acceptors (Lipinski definition) is 3. The summed E-state index contributed by atoms with van der Waals surface area (Å²) in [4.78, 5) is 25.5. The third-order valence-corrected chi connectivity index (χ3v) is 4.75. The van der Waals surface area contributed by atoms with Crippen LogP contribution in [0.1, 0.15) is 31.7 Å². The summed E-state index contributed by atoms with van der Waals surface area (Å²) < 4.78 is 0. The van der Waals surface area contributed by atoms with Gasteiger partial charge in [-0.25, -0.2) is 0 Å². The molecule has 0 radical (unpaired) electrons. The average molecular weight is 318 g/mol. The number of carbonyl (C=O) groups excluding carboxylic acids is 2. The maximum atomic E-state index is 12.3. The Balaban J connectivity index is 2.04. The van der Waals surface area contributed by atoms with E-state index in [1.165, 1.54) is 0 Å². The number of aliphatic hydroxyl groups is 1. The fraction of sp³-hybridized carbons (Fsp3) is 0.556. The lowest BCUT2D eigenvalue weighted by atomic mass is 9.75. The number of amides is 2. The van der Waals surface area contributed by atoms with E-state index in [1.807, 2.05) is 44.2 Å². The minimum absolute atomic E-state index is 0.00693. The number of aliphatic hydroxyl groups excluding tert-OH is 1. The molecule has 1 fully saturated rings. The van der Waals surface area contributed by atoms with E-state index < -0.39 is 0 Å². The molecule has 1 aliphatic heterocycles. The van der Waals surface area contributed by atoms with Gasteiger partial charge in [-0.1, -0.05) is 44.2 Å². The molecule has 2 atom stereocenters. The minimum Gasteiger partial charge on any atom is -0.396 e. The zero-order valence-electron chi connectivity index (χ0n) is 14.1. The molecule has 1 saturated heterocycles. The van der Waals surface area contributed by atoms with E-state index in [0.717, 1.165) is 5.56 Å². The summed E-state index contributed by atoms with van der Waals surface area (Å²) in [5, 5.41) is 12.7. The maximum absolute atomic E-state index is 12.3. The third kappa shape index (κ3) is 4.10. The molecular formula is C18H26N2O3. The van der Waals surface area contributed by atoms with Crippen LogP contribution in [0.3, 0.4) is 0 Å². The molecular weight excluding hydrogens is 292 g/mol. The Morgan fingerprint density at radius 1 is 1.39 bits per heavy atom. The van der Waals surface area contributed by atoms with Crippen LogP contribution in [-0.4, -0.2) is 48.6 Å². The van der Waals surface area contributed by atoms with Crippen molar-refractivity contribution in [1.82, 2.24) is 10.2 Å². The van der Waals surface area contributed by atoms with E-state index >= 15 is 0 Å². The van der Waals surface area contributed by atoms with Crippen LogP contribution in [0.15, 0.2) is 30.3 Å². The Hall–Kier alpha value is -1.88.